The molecule has 1 aromatic carbocycles. The molecule has 0 aliphatic heterocycles. The van der Waals surface area contributed by atoms with Crippen LogP contribution >= 0.6 is 0 Å². The maximum atomic E-state index is 11.0. The molecule has 22 heavy (non-hydrogen) atoms. The van der Waals surface area contributed by atoms with Crippen molar-refractivity contribution in [1.82, 2.24) is 15.2 Å². The second-order valence-corrected chi connectivity index (χ2v) is 4.99. The van der Waals surface area contributed by atoms with Gasteiger partial charge in [-0.05, 0) is 30.4 Å². The number of non-ortho nitro benzene ring substituents is 1. The second-order valence-electron chi connectivity index (χ2n) is 4.99. The molecule has 0 bridgehead atoms. The Kier molecular flexibility index (Phi) is 5.23. The fourth-order valence-electron chi connectivity index (χ4n) is 2.32. The minimum atomic E-state index is -0.484. The molecule has 0 radical (unpaired) electrons. The van der Waals surface area contributed by atoms with Gasteiger partial charge in [-0.1, -0.05) is 0 Å². The summed E-state index contributed by atoms with van der Waals surface area (Å²) in [6, 6.07) is 3.13. The highest BCUT2D eigenvalue weighted by atomic mass is 16.6. The van der Waals surface area contributed by atoms with Crippen molar-refractivity contribution < 1.29 is 9.55 Å². The van der Waals surface area contributed by atoms with Crippen LogP contribution < -0.4 is 10.6 Å². The van der Waals surface area contributed by atoms with E-state index in [4.69, 9.17) is 10.4 Å². The van der Waals surface area contributed by atoms with Crippen molar-refractivity contribution in [2.45, 2.75) is 6.92 Å². The van der Waals surface area contributed by atoms with Crippen molar-refractivity contribution >= 4 is 22.4 Å². The summed E-state index contributed by atoms with van der Waals surface area (Å²) in [5.41, 5.74) is 6.81. The number of nitrogens with two attached hydrogens (primary N) is 1. The summed E-state index contributed by atoms with van der Waals surface area (Å²) < 4.78 is 4.70. The first kappa shape index (κ1) is 16.1. The number of likely N-dealkylation sites (N-methyl/N-ethyl adjacent to an activating group) is 2. The van der Waals surface area contributed by atoms with Gasteiger partial charge >= 0.3 is 5.69 Å². The summed E-state index contributed by atoms with van der Waals surface area (Å²) in [5.74, 6) is 0. The van der Waals surface area contributed by atoms with Crippen LogP contribution in [0.3, 0.4) is 0 Å². The van der Waals surface area contributed by atoms with Crippen LogP contribution in [-0.2, 0) is 0 Å². The lowest BCUT2D eigenvalue weighted by Gasteiger charge is -2.26. The lowest BCUT2D eigenvalue weighted by molar-refractivity contribution is -0.383. The summed E-state index contributed by atoms with van der Waals surface area (Å²) in [7, 11) is 2.00. The third kappa shape index (κ3) is 3.31. The molecule has 1 heterocycles. The zero-order valence-corrected chi connectivity index (χ0v) is 12.7. The van der Waals surface area contributed by atoms with E-state index in [-0.39, 0.29) is 11.2 Å². The standard InChI is InChI=1S/C13H20N6O3/c1-3-18(9-8-17(2)7-6-14)10-4-5-11(19(20)21)13-12(10)15-22-16-13/h4-5H,3,6-9,14H2,1-2H3. The Morgan fingerprint density at radius 2 is 2.00 bits per heavy atom. The molecule has 0 atom stereocenters. The number of nitrogens with zero attached hydrogens (tertiary/aromatic N) is 5. The van der Waals surface area contributed by atoms with E-state index < -0.39 is 4.92 Å². The van der Waals surface area contributed by atoms with E-state index in [1.807, 2.05) is 14.0 Å². The predicted molar refractivity (Wildman–Crippen MR) is 82.9 cm³/mol. The van der Waals surface area contributed by atoms with Crippen molar-refractivity contribution in [3.05, 3.63) is 22.2 Å². The zero-order valence-electron chi connectivity index (χ0n) is 12.7. The second kappa shape index (κ2) is 7.14. The minimum Gasteiger partial charge on any atom is -0.369 e. The predicted octanol–water partition coefficient (Wildman–Crippen LogP) is 0.848. The molecular formula is C13H20N6O3. The van der Waals surface area contributed by atoms with E-state index in [9.17, 15) is 10.1 Å². The number of benzene rings is 1. The van der Waals surface area contributed by atoms with Gasteiger partial charge in [0, 0.05) is 38.8 Å². The number of rotatable bonds is 8. The first-order chi connectivity index (χ1) is 10.6. The quantitative estimate of drug-likeness (QED) is 0.563. The highest BCUT2D eigenvalue weighted by Crippen LogP contribution is 2.30. The van der Waals surface area contributed by atoms with Crippen LogP contribution in [0.2, 0.25) is 0 Å². The van der Waals surface area contributed by atoms with Gasteiger partial charge in [0.15, 0.2) is 5.52 Å². The number of hydrogen-bond acceptors (Lipinski definition) is 8. The Hall–Kier alpha value is -2.26. The lowest BCUT2D eigenvalue weighted by atomic mass is 10.2. The molecule has 120 valence electrons. The van der Waals surface area contributed by atoms with Crippen molar-refractivity contribution in [2.75, 3.05) is 44.7 Å². The summed E-state index contributed by atoms with van der Waals surface area (Å²) in [6.45, 7) is 5.78. The van der Waals surface area contributed by atoms with E-state index in [1.54, 1.807) is 6.07 Å². The van der Waals surface area contributed by atoms with Gasteiger partial charge in [0.25, 0.3) is 0 Å². The maximum absolute atomic E-state index is 11.0. The molecule has 0 unspecified atom stereocenters. The third-order valence-corrected chi connectivity index (χ3v) is 3.55. The van der Waals surface area contributed by atoms with Gasteiger partial charge in [-0.3, -0.25) is 10.1 Å². The first-order valence-electron chi connectivity index (χ1n) is 7.11. The van der Waals surface area contributed by atoms with Gasteiger partial charge in [-0.2, -0.15) is 0 Å². The topological polar surface area (TPSA) is 115 Å². The zero-order chi connectivity index (χ0) is 16.1. The molecule has 9 nitrogen and oxygen atoms in total. The first-order valence-corrected chi connectivity index (χ1v) is 7.11. The molecule has 0 spiro atoms. The van der Waals surface area contributed by atoms with E-state index in [0.717, 1.165) is 31.9 Å². The SMILES string of the molecule is CCN(CCN(C)CCN)c1ccc([N+](=O)[O-])c2nonc12. The van der Waals surface area contributed by atoms with Crippen LogP contribution in [-0.4, -0.2) is 59.9 Å². The largest absolute Gasteiger partial charge is 0.369 e. The molecule has 0 fully saturated rings. The molecule has 0 amide bonds. The van der Waals surface area contributed by atoms with Crippen molar-refractivity contribution in [3.63, 3.8) is 0 Å². The van der Waals surface area contributed by atoms with E-state index in [1.165, 1.54) is 6.07 Å². The van der Waals surface area contributed by atoms with Crippen LogP contribution in [0.15, 0.2) is 16.8 Å². The van der Waals surface area contributed by atoms with Gasteiger partial charge in [0.1, 0.15) is 0 Å². The van der Waals surface area contributed by atoms with Gasteiger partial charge in [-0.15, -0.1) is 0 Å². The Bertz CT molecular complexity index is 644. The fraction of sp³-hybridized carbons (Fsp3) is 0.538. The van der Waals surface area contributed by atoms with Crippen LogP contribution in [0.4, 0.5) is 11.4 Å². The molecule has 1 aromatic heterocycles. The number of fused-ring (bicyclic) bond motifs is 1. The van der Waals surface area contributed by atoms with Crippen LogP contribution in [0.1, 0.15) is 6.92 Å². The monoisotopic (exact) mass is 308 g/mol. The van der Waals surface area contributed by atoms with Gasteiger partial charge in [0.05, 0.1) is 10.6 Å². The summed E-state index contributed by atoms with van der Waals surface area (Å²) in [4.78, 5) is 14.7. The maximum Gasteiger partial charge on any atom is 0.300 e. The van der Waals surface area contributed by atoms with E-state index in [0.29, 0.717) is 12.1 Å². The van der Waals surface area contributed by atoms with Gasteiger partial charge < -0.3 is 15.5 Å². The minimum absolute atomic E-state index is 0.101. The number of nitro benzene ring substituents is 1. The molecule has 0 aliphatic rings. The summed E-state index contributed by atoms with van der Waals surface area (Å²) in [5, 5.41) is 18.5. The molecule has 2 N–H and O–H groups in total. The van der Waals surface area contributed by atoms with Gasteiger partial charge in [0.2, 0.25) is 5.52 Å². The smallest absolute Gasteiger partial charge is 0.300 e. The van der Waals surface area contributed by atoms with Crippen molar-refractivity contribution in [2.24, 2.45) is 5.73 Å². The fourth-order valence-corrected chi connectivity index (χ4v) is 2.32. The molecule has 2 aromatic rings. The Labute approximate surface area is 127 Å². The highest BCUT2D eigenvalue weighted by molar-refractivity contribution is 5.93. The van der Waals surface area contributed by atoms with Gasteiger partial charge in [-0.25, -0.2) is 4.63 Å². The van der Waals surface area contributed by atoms with Crippen molar-refractivity contribution in [1.29, 1.82) is 0 Å². The van der Waals surface area contributed by atoms with Crippen LogP contribution in [0, 0.1) is 10.1 Å². The Morgan fingerprint density at radius 3 is 2.64 bits per heavy atom. The molecule has 2 rings (SSSR count). The van der Waals surface area contributed by atoms with Crippen LogP contribution in [0.25, 0.3) is 11.0 Å². The number of aromatic nitrogens is 2. The van der Waals surface area contributed by atoms with E-state index in [2.05, 4.69) is 20.1 Å². The normalized spacial score (nSPS) is 11.3. The number of anilines is 1. The van der Waals surface area contributed by atoms with E-state index >= 15 is 0 Å². The third-order valence-electron chi connectivity index (χ3n) is 3.55. The number of nitro groups is 1. The van der Waals surface area contributed by atoms with Crippen molar-refractivity contribution in [3.8, 4) is 0 Å². The summed E-state index contributed by atoms with van der Waals surface area (Å²) >= 11 is 0. The lowest BCUT2D eigenvalue weighted by Crippen LogP contribution is -2.35. The summed E-state index contributed by atoms with van der Waals surface area (Å²) in [6.07, 6.45) is 0. The molecule has 9 heteroatoms. The molecule has 0 saturated carbocycles. The molecule has 0 aliphatic carbocycles. The molecular weight excluding hydrogens is 288 g/mol. The molecule has 0 saturated heterocycles. The Balaban J connectivity index is 2.26. The Morgan fingerprint density at radius 1 is 1.27 bits per heavy atom. The number of hydrogen-bond donors (Lipinski definition) is 1. The highest BCUT2D eigenvalue weighted by Gasteiger charge is 2.21. The average Bonchev–Trinajstić information content (AvgIpc) is 2.97. The van der Waals surface area contributed by atoms with Crippen LogP contribution in [0.5, 0.6) is 0 Å². The average molecular weight is 308 g/mol.